The van der Waals surface area contributed by atoms with E-state index in [4.69, 9.17) is 19.2 Å². The van der Waals surface area contributed by atoms with Crippen LogP contribution in [0.1, 0.15) is 46.1 Å². The van der Waals surface area contributed by atoms with E-state index < -0.39 is 23.9 Å². The Morgan fingerprint density at radius 2 is 1.93 bits per heavy atom. The molecule has 1 aliphatic rings. The first-order valence-corrected chi connectivity index (χ1v) is 10.0. The minimum atomic E-state index is -0.581. The molecule has 0 bridgehead atoms. The number of alkyl carbamates (subject to hydrolysis) is 1. The number of hydrogen-bond acceptors (Lipinski definition) is 6. The summed E-state index contributed by atoms with van der Waals surface area (Å²) in [4.78, 5) is 36.9. The third kappa shape index (κ3) is 8.29. The van der Waals surface area contributed by atoms with E-state index in [0.29, 0.717) is 19.6 Å². The normalized spacial score (nSPS) is 19.5. The first-order chi connectivity index (χ1) is 13.8. The first-order valence-electron chi connectivity index (χ1n) is 10.0. The second-order valence-electron chi connectivity index (χ2n) is 7.98. The van der Waals surface area contributed by atoms with Gasteiger partial charge < -0.3 is 19.7 Å². The van der Waals surface area contributed by atoms with Crippen LogP contribution in [0.2, 0.25) is 0 Å². The minimum absolute atomic E-state index is 0.182. The van der Waals surface area contributed by atoms with Gasteiger partial charge in [0.05, 0.1) is 19.2 Å². The maximum Gasteiger partial charge on any atom is 0.410 e. The fourth-order valence-electron chi connectivity index (χ4n) is 2.81. The van der Waals surface area contributed by atoms with Crippen molar-refractivity contribution in [2.75, 3.05) is 19.7 Å². The van der Waals surface area contributed by atoms with Gasteiger partial charge in [-0.1, -0.05) is 37.3 Å². The van der Waals surface area contributed by atoms with Crippen LogP contribution in [0.3, 0.4) is 0 Å². The van der Waals surface area contributed by atoms with E-state index in [1.54, 1.807) is 4.90 Å². The lowest BCUT2D eigenvalue weighted by atomic mass is 10.0. The number of carbonyl (C=O) groups excluding carboxylic acids is 2. The molecule has 162 valence electrons. The molecular formula is C21H32N2O6. The Labute approximate surface area is 172 Å². The molecule has 0 unspecified atom stereocenters. The van der Waals surface area contributed by atoms with Crippen molar-refractivity contribution in [1.29, 1.82) is 0 Å². The zero-order valence-electron chi connectivity index (χ0n) is 17.7. The Bertz CT molecular complexity index is 646. The predicted molar refractivity (Wildman–Crippen MR) is 107 cm³/mol. The summed E-state index contributed by atoms with van der Waals surface area (Å²) in [6.45, 7) is 8.72. The number of piperidine rings is 1. The van der Waals surface area contributed by atoms with Crippen LogP contribution < -0.4 is 5.32 Å². The van der Waals surface area contributed by atoms with Crippen LogP contribution in [0.25, 0.3) is 0 Å². The summed E-state index contributed by atoms with van der Waals surface area (Å²) >= 11 is 0. The predicted octanol–water partition coefficient (Wildman–Crippen LogP) is 3.65. The van der Waals surface area contributed by atoms with Gasteiger partial charge in [0, 0.05) is 6.54 Å². The molecule has 0 aliphatic carbocycles. The first kappa shape index (κ1) is 23.0. The average Bonchev–Trinajstić information content (AvgIpc) is 2.67. The van der Waals surface area contributed by atoms with Gasteiger partial charge in [0.2, 0.25) is 0 Å². The van der Waals surface area contributed by atoms with Gasteiger partial charge in [0.25, 0.3) is 0 Å². The summed E-state index contributed by atoms with van der Waals surface area (Å²) in [6.07, 6.45) is -0.174. The van der Waals surface area contributed by atoms with Gasteiger partial charge in [0.1, 0.15) is 18.3 Å². The van der Waals surface area contributed by atoms with Gasteiger partial charge in [-0.2, -0.15) is 0 Å². The van der Waals surface area contributed by atoms with Gasteiger partial charge in [0.15, 0.2) is 0 Å². The highest BCUT2D eigenvalue weighted by Gasteiger charge is 2.36. The van der Waals surface area contributed by atoms with E-state index in [1.807, 2.05) is 58.0 Å². The molecule has 1 heterocycles. The van der Waals surface area contributed by atoms with Crippen LogP contribution in [-0.4, -0.2) is 54.5 Å². The zero-order chi connectivity index (χ0) is 21.3. The molecule has 8 nitrogen and oxygen atoms in total. The minimum Gasteiger partial charge on any atom is -0.445 e. The van der Waals surface area contributed by atoms with Crippen molar-refractivity contribution in [3.8, 4) is 0 Å². The lowest BCUT2D eigenvalue weighted by Gasteiger charge is -2.38. The molecule has 0 spiro atoms. The molecule has 1 aromatic rings. The maximum absolute atomic E-state index is 12.4. The lowest BCUT2D eigenvalue weighted by molar-refractivity contribution is -0.332. The molecule has 1 fully saturated rings. The van der Waals surface area contributed by atoms with E-state index in [2.05, 4.69) is 5.32 Å². The van der Waals surface area contributed by atoms with Crippen LogP contribution in [0, 0.1) is 0 Å². The van der Waals surface area contributed by atoms with Crippen molar-refractivity contribution >= 4 is 12.2 Å². The fraction of sp³-hybridized carbons (Fsp3) is 0.619. The smallest absolute Gasteiger partial charge is 0.410 e. The number of ether oxygens (including phenoxy) is 2. The molecule has 0 aromatic heterocycles. The monoisotopic (exact) mass is 408 g/mol. The van der Waals surface area contributed by atoms with Gasteiger partial charge in [-0.3, -0.25) is 0 Å². The number of nitrogens with one attached hydrogen (secondary N) is 1. The molecule has 8 heteroatoms. The molecule has 0 radical (unpaired) electrons. The summed E-state index contributed by atoms with van der Waals surface area (Å²) in [5.74, 6) is 0. The highest BCUT2D eigenvalue weighted by atomic mass is 17.2. The van der Waals surface area contributed by atoms with Crippen molar-refractivity contribution in [1.82, 2.24) is 10.2 Å². The Kier molecular flexibility index (Phi) is 8.72. The molecule has 1 N–H and O–H groups in total. The second-order valence-corrected chi connectivity index (χ2v) is 7.98. The van der Waals surface area contributed by atoms with Crippen molar-refractivity contribution < 1.29 is 28.8 Å². The Hall–Kier alpha value is -2.32. The van der Waals surface area contributed by atoms with Crippen molar-refractivity contribution in [2.24, 2.45) is 0 Å². The van der Waals surface area contributed by atoms with Crippen LogP contribution in [0.15, 0.2) is 30.3 Å². The Balaban J connectivity index is 1.91. The highest BCUT2D eigenvalue weighted by Crippen LogP contribution is 2.18. The molecule has 2 amide bonds. The lowest BCUT2D eigenvalue weighted by Crippen LogP contribution is -2.56. The van der Waals surface area contributed by atoms with E-state index in [-0.39, 0.29) is 19.2 Å². The number of benzene rings is 1. The molecule has 1 aromatic carbocycles. The van der Waals surface area contributed by atoms with Gasteiger partial charge in [-0.05, 0) is 39.2 Å². The average molecular weight is 408 g/mol. The van der Waals surface area contributed by atoms with Gasteiger partial charge in [-0.25, -0.2) is 19.4 Å². The van der Waals surface area contributed by atoms with E-state index in [9.17, 15) is 9.59 Å². The maximum atomic E-state index is 12.4. The molecule has 1 saturated heterocycles. The van der Waals surface area contributed by atoms with Crippen LogP contribution >= 0.6 is 0 Å². The number of hydrogen-bond donors (Lipinski definition) is 1. The Morgan fingerprint density at radius 1 is 1.21 bits per heavy atom. The molecule has 2 rings (SSSR count). The third-order valence-electron chi connectivity index (χ3n) is 4.21. The second kappa shape index (κ2) is 11.0. The van der Waals surface area contributed by atoms with E-state index in [0.717, 1.165) is 12.0 Å². The topological polar surface area (TPSA) is 86.3 Å². The molecule has 29 heavy (non-hydrogen) atoms. The van der Waals surface area contributed by atoms with Crippen molar-refractivity contribution in [2.45, 2.75) is 64.9 Å². The van der Waals surface area contributed by atoms with Crippen LogP contribution in [0.5, 0.6) is 0 Å². The van der Waals surface area contributed by atoms with Crippen molar-refractivity contribution in [3.63, 3.8) is 0 Å². The number of likely N-dealkylation sites (tertiary alicyclic amines) is 1. The number of amides is 2. The van der Waals surface area contributed by atoms with Crippen LogP contribution in [0.4, 0.5) is 9.59 Å². The number of nitrogens with zero attached hydrogens (tertiary/aromatic N) is 1. The summed E-state index contributed by atoms with van der Waals surface area (Å²) in [6, 6.07) is 9.11. The SMILES string of the molecule is CCCOO[C@@H]1CN(C(=O)OC(C)(C)C)CC[C@@H]1NC(=O)OCc1ccccc1. The number of carbonyl (C=O) groups is 2. The number of rotatable bonds is 7. The van der Waals surface area contributed by atoms with Gasteiger partial charge >= 0.3 is 12.2 Å². The standard InChI is InChI=1S/C21H32N2O6/c1-5-13-27-29-18-14-23(20(25)28-21(2,3)4)12-11-17(18)22-19(24)26-15-16-9-7-6-8-10-16/h6-10,17-18H,5,11-15H2,1-4H3,(H,22,24)/t17-,18+/m0/s1. The summed E-state index contributed by atoms with van der Waals surface area (Å²) in [5.41, 5.74) is 0.323. The highest BCUT2D eigenvalue weighted by molar-refractivity contribution is 5.69. The Morgan fingerprint density at radius 3 is 2.59 bits per heavy atom. The fourth-order valence-corrected chi connectivity index (χ4v) is 2.81. The van der Waals surface area contributed by atoms with Crippen LogP contribution in [-0.2, 0) is 25.9 Å². The summed E-state index contributed by atoms with van der Waals surface area (Å²) in [7, 11) is 0. The molecule has 1 aliphatic heterocycles. The quantitative estimate of drug-likeness (QED) is 0.421. The van der Waals surface area contributed by atoms with E-state index in [1.165, 1.54) is 0 Å². The third-order valence-corrected chi connectivity index (χ3v) is 4.21. The molecule has 2 atom stereocenters. The van der Waals surface area contributed by atoms with Crippen molar-refractivity contribution in [3.05, 3.63) is 35.9 Å². The van der Waals surface area contributed by atoms with Gasteiger partial charge in [-0.15, -0.1) is 0 Å². The van der Waals surface area contributed by atoms with E-state index >= 15 is 0 Å². The molecular weight excluding hydrogens is 376 g/mol. The summed E-state index contributed by atoms with van der Waals surface area (Å²) in [5, 5.41) is 2.83. The summed E-state index contributed by atoms with van der Waals surface area (Å²) < 4.78 is 10.7. The molecule has 0 saturated carbocycles. The largest absolute Gasteiger partial charge is 0.445 e. The zero-order valence-corrected chi connectivity index (χ0v) is 17.7.